The standard InChI is InChI=1S/C20H26N6OS/c1-27-13-12-25-8-10-26(11-9-25)19-7-6-18(15-22-19)17-4-2-16(3-5-17)14-23-24-20(21)28/h2-7,14-15H,8-13H2,1H3,(H3,21,24,28). The summed E-state index contributed by atoms with van der Waals surface area (Å²) in [5.74, 6) is 1.03. The van der Waals surface area contributed by atoms with E-state index < -0.39 is 0 Å². The first kappa shape index (κ1) is 20.2. The van der Waals surface area contributed by atoms with Crippen LogP contribution in [0.1, 0.15) is 5.56 Å². The fourth-order valence-corrected chi connectivity index (χ4v) is 3.15. The molecule has 0 aliphatic carbocycles. The highest BCUT2D eigenvalue weighted by Gasteiger charge is 2.17. The number of ether oxygens (including phenoxy) is 1. The Morgan fingerprint density at radius 3 is 2.50 bits per heavy atom. The third-order valence-electron chi connectivity index (χ3n) is 4.69. The first-order valence-corrected chi connectivity index (χ1v) is 9.68. The lowest BCUT2D eigenvalue weighted by molar-refractivity contribution is 0.144. The van der Waals surface area contributed by atoms with Crippen molar-refractivity contribution in [1.29, 1.82) is 0 Å². The highest BCUT2D eigenvalue weighted by atomic mass is 32.1. The van der Waals surface area contributed by atoms with Crippen molar-refractivity contribution in [3.8, 4) is 11.1 Å². The fraction of sp³-hybridized carbons (Fsp3) is 0.350. The summed E-state index contributed by atoms with van der Waals surface area (Å²) in [6.07, 6.45) is 3.61. The van der Waals surface area contributed by atoms with E-state index in [1.807, 2.05) is 30.5 Å². The number of nitrogens with one attached hydrogen (secondary N) is 1. The number of hydrazone groups is 1. The molecule has 7 nitrogen and oxygen atoms in total. The number of hydrogen-bond donors (Lipinski definition) is 2. The molecule has 0 radical (unpaired) electrons. The van der Waals surface area contributed by atoms with E-state index in [2.05, 4.69) is 37.4 Å². The average Bonchev–Trinajstić information content (AvgIpc) is 2.73. The van der Waals surface area contributed by atoms with Crippen molar-refractivity contribution >= 4 is 29.4 Å². The van der Waals surface area contributed by atoms with E-state index in [-0.39, 0.29) is 5.11 Å². The normalized spacial score (nSPS) is 15.1. The lowest BCUT2D eigenvalue weighted by Crippen LogP contribution is -2.47. The average molecular weight is 399 g/mol. The summed E-state index contributed by atoms with van der Waals surface area (Å²) in [4.78, 5) is 9.44. The van der Waals surface area contributed by atoms with Gasteiger partial charge in [-0.25, -0.2) is 4.98 Å². The third kappa shape index (κ3) is 5.72. The molecule has 0 saturated carbocycles. The Bertz CT molecular complexity index is 785. The van der Waals surface area contributed by atoms with Gasteiger partial charge in [-0.05, 0) is 35.5 Å². The molecule has 1 aliphatic rings. The number of pyridine rings is 1. The van der Waals surface area contributed by atoms with Gasteiger partial charge in [0.05, 0.1) is 12.8 Å². The Kier molecular flexibility index (Phi) is 7.30. The molecule has 3 rings (SSSR count). The van der Waals surface area contributed by atoms with Crippen LogP contribution in [0, 0.1) is 0 Å². The number of nitrogens with zero attached hydrogens (tertiary/aromatic N) is 4. The Hall–Kier alpha value is -2.55. The molecule has 1 aromatic heterocycles. The third-order valence-corrected chi connectivity index (χ3v) is 4.78. The summed E-state index contributed by atoms with van der Waals surface area (Å²) in [6, 6.07) is 12.3. The topological polar surface area (TPSA) is 79.0 Å². The molecule has 2 aromatic rings. The van der Waals surface area contributed by atoms with Crippen LogP contribution in [0.2, 0.25) is 0 Å². The molecular formula is C20H26N6OS. The monoisotopic (exact) mass is 398 g/mol. The number of methoxy groups -OCH3 is 1. The minimum absolute atomic E-state index is 0.149. The van der Waals surface area contributed by atoms with Crippen LogP contribution in [0.3, 0.4) is 0 Å². The molecule has 0 amide bonds. The van der Waals surface area contributed by atoms with E-state index in [0.717, 1.165) is 61.8 Å². The molecule has 3 N–H and O–H groups in total. The van der Waals surface area contributed by atoms with Crippen LogP contribution in [0.4, 0.5) is 5.82 Å². The quantitative estimate of drug-likeness (QED) is 0.417. The Morgan fingerprint density at radius 2 is 1.89 bits per heavy atom. The number of benzene rings is 1. The van der Waals surface area contributed by atoms with Crippen molar-refractivity contribution in [3.05, 3.63) is 48.2 Å². The van der Waals surface area contributed by atoms with Gasteiger partial charge >= 0.3 is 0 Å². The fourth-order valence-electron chi connectivity index (χ4n) is 3.10. The minimum Gasteiger partial charge on any atom is -0.383 e. The smallest absolute Gasteiger partial charge is 0.184 e. The molecule has 0 bridgehead atoms. The predicted octanol–water partition coefficient (Wildman–Crippen LogP) is 1.68. The summed E-state index contributed by atoms with van der Waals surface area (Å²) in [6.45, 7) is 5.84. The van der Waals surface area contributed by atoms with Gasteiger partial charge in [0.2, 0.25) is 0 Å². The highest BCUT2D eigenvalue weighted by Crippen LogP contribution is 2.22. The number of piperazine rings is 1. The molecule has 1 saturated heterocycles. The minimum atomic E-state index is 0.149. The molecule has 148 valence electrons. The molecule has 1 aliphatic heterocycles. The first-order chi connectivity index (χ1) is 13.7. The van der Waals surface area contributed by atoms with Gasteiger partial charge in [0.1, 0.15) is 5.82 Å². The van der Waals surface area contributed by atoms with Crippen LogP contribution in [-0.4, -0.2) is 67.7 Å². The van der Waals surface area contributed by atoms with Gasteiger partial charge in [0, 0.05) is 51.6 Å². The number of nitrogens with two attached hydrogens (primary N) is 1. The Morgan fingerprint density at radius 1 is 1.18 bits per heavy atom. The first-order valence-electron chi connectivity index (χ1n) is 9.27. The maximum atomic E-state index is 5.34. The predicted molar refractivity (Wildman–Crippen MR) is 118 cm³/mol. The van der Waals surface area contributed by atoms with Gasteiger partial charge in [-0.15, -0.1) is 0 Å². The molecule has 28 heavy (non-hydrogen) atoms. The zero-order valence-electron chi connectivity index (χ0n) is 16.0. The van der Waals surface area contributed by atoms with Crippen LogP contribution in [0.5, 0.6) is 0 Å². The highest BCUT2D eigenvalue weighted by molar-refractivity contribution is 7.80. The van der Waals surface area contributed by atoms with Gasteiger partial charge in [-0.1, -0.05) is 24.3 Å². The van der Waals surface area contributed by atoms with Crippen molar-refractivity contribution < 1.29 is 4.74 Å². The van der Waals surface area contributed by atoms with Gasteiger partial charge in [0.15, 0.2) is 5.11 Å². The maximum absolute atomic E-state index is 5.34. The molecule has 2 heterocycles. The molecule has 8 heteroatoms. The number of rotatable bonds is 7. The summed E-state index contributed by atoms with van der Waals surface area (Å²) in [7, 11) is 1.75. The van der Waals surface area contributed by atoms with Crippen LogP contribution < -0.4 is 16.1 Å². The Labute approximate surface area is 171 Å². The van der Waals surface area contributed by atoms with Crippen molar-refractivity contribution in [2.45, 2.75) is 0 Å². The maximum Gasteiger partial charge on any atom is 0.184 e. The second kappa shape index (κ2) is 10.1. The summed E-state index contributed by atoms with van der Waals surface area (Å²) >= 11 is 4.71. The molecule has 0 atom stereocenters. The molecule has 1 fully saturated rings. The van der Waals surface area contributed by atoms with Crippen molar-refractivity contribution in [3.63, 3.8) is 0 Å². The zero-order valence-corrected chi connectivity index (χ0v) is 16.9. The summed E-state index contributed by atoms with van der Waals surface area (Å²) in [5.41, 5.74) is 11.0. The van der Waals surface area contributed by atoms with E-state index in [9.17, 15) is 0 Å². The van der Waals surface area contributed by atoms with Crippen LogP contribution in [0.15, 0.2) is 47.7 Å². The van der Waals surface area contributed by atoms with Crippen molar-refractivity contribution in [2.24, 2.45) is 10.8 Å². The largest absolute Gasteiger partial charge is 0.383 e. The van der Waals surface area contributed by atoms with Crippen molar-refractivity contribution in [1.82, 2.24) is 15.3 Å². The zero-order chi connectivity index (χ0) is 19.8. The lowest BCUT2D eigenvalue weighted by Gasteiger charge is -2.35. The van der Waals surface area contributed by atoms with Gasteiger partial charge < -0.3 is 15.4 Å². The lowest BCUT2D eigenvalue weighted by atomic mass is 10.1. The molecular weight excluding hydrogens is 372 g/mol. The Balaban J connectivity index is 1.57. The van der Waals surface area contributed by atoms with Crippen molar-refractivity contribution in [2.75, 3.05) is 51.3 Å². The SMILES string of the molecule is COCCN1CCN(c2ccc(-c3ccc(C=NNC(N)=S)cc3)cn2)CC1. The van der Waals surface area contributed by atoms with E-state index in [1.54, 1.807) is 13.3 Å². The molecule has 0 spiro atoms. The molecule has 1 aromatic carbocycles. The van der Waals surface area contributed by atoms with Gasteiger partial charge in [-0.2, -0.15) is 5.10 Å². The van der Waals surface area contributed by atoms with Gasteiger partial charge in [0.25, 0.3) is 0 Å². The number of anilines is 1. The van der Waals surface area contributed by atoms with Gasteiger partial charge in [-0.3, -0.25) is 10.3 Å². The summed E-state index contributed by atoms with van der Waals surface area (Å²) in [5, 5.41) is 4.11. The number of hydrogen-bond acceptors (Lipinski definition) is 6. The van der Waals surface area contributed by atoms with Crippen LogP contribution in [-0.2, 0) is 4.74 Å². The van der Waals surface area contributed by atoms with Crippen LogP contribution in [0.25, 0.3) is 11.1 Å². The second-order valence-corrected chi connectivity index (χ2v) is 7.02. The van der Waals surface area contributed by atoms with E-state index >= 15 is 0 Å². The van der Waals surface area contributed by atoms with E-state index in [1.165, 1.54) is 0 Å². The van der Waals surface area contributed by atoms with Crippen LogP contribution >= 0.6 is 12.2 Å². The number of aromatic nitrogens is 1. The number of thiocarbonyl (C=S) groups is 1. The molecule has 0 unspecified atom stereocenters. The van der Waals surface area contributed by atoms with E-state index in [0.29, 0.717) is 0 Å². The second-order valence-electron chi connectivity index (χ2n) is 6.58. The summed E-state index contributed by atoms with van der Waals surface area (Å²) < 4.78 is 5.16. The van der Waals surface area contributed by atoms with E-state index in [4.69, 9.17) is 22.7 Å².